The molecule has 1 N–H and O–H groups in total. The van der Waals surface area contributed by atoms with Crippen molar-refractivity contribution in [3.05, 3.63) is 45.2 Å². The Hall–Kier alpha value is -0.930. The number of carbonyl (C=O) groups is 1. The molecule has 25 heavy (non-hydrogen) atoms. The number of sulfonamides is 1. The maximum Gasteiger partial charge on any atom is 0.252 e. The zero-order valence-corrected chi connectivity index (χ0v) is 17.1. The molecule has 1 atom stereocenters. The van der Waals surface area contributed by atoms with Crippen LogP contribution in [0.1, 0.15) is 12.8 Å². The minimum Gasteiger partial charge on any atom is -0.324 e. The number of nitrogens with zero attached hydrogens (tertiary/aromatic N) is 1. The summed E-state index contributed by atoms with van der Waals surface area (Å²) in [5.41, 5.74) is 0.521. The Morgan fingerprint density at radius 3 is 2.84 bits per heavy atom. The van der Waals surface area contributed by atoms with Crippen LogP contribution >= 0.6 is 38.9 Å². The fraction of sp³-hybridized carbons (Fsp3) is 0.312. The molecule has 1 aromatic carbocycles. The van der Waals surface area contributed by atoms with Gasteiger partial charge < -0.3 is 5.32 Å². The Bertz CT molecular complexity index is 872. The van der Waals surface area contributed by atoms with Crippen LogP contribution in [0.3, 0.4) is 0 Å². The van der Waals surface area contributed by atoms with Gasteiger partial charge in [-0.15, -0.1) is 11.3 Å². The van der Waals surface area contributed by atoms with Gasteiger partial charge in [0.2, 0.25) is 5.91 Å². The third-order valence-corrected chi connectivity index (χ3v) is 8.08. The summed E-state index contributed by atoms with van der Waals surface area (Å²) >= 11 is 10.6. The highest BCUT2D eigenvalue weighted by Crippen LogP contribution is 2.29. The molecule has 1 amide bonds. The van der Waals surface area contributed by atoms with Crippen molar-refractivity contribution in [1.82, 2.24) is 4.31 Å². The quantitative estimate of drug-likeness (QED) is 0.739. The highest BCUT2D eigenvalue weighted by Gasteiger charge is 2.33. The summed E-state index contributed by atoms with van der Waals surface area (Å²) in [6.07, 6.45) is 1.30. The van der Waals surface area contributed by atoms with Gasteiger partial charge in [-0.1, -0.05) is 33.6 Å². The van der Waals surface area contributed by atoms with Crippen LogP contribution in [0.2, 0.25) is 5.02 Å². The number of piperidine rings is 1. The van der Waals surface area contributed by atoms with Gasteiger partial charge in [0.15, 0.2) is 0 Å². The van der Waals surface area contributed by atoms with Crippen molar-refractivity contribution < 1.29 is 13.2 Å². The minimum absolute atomic E-state index is 0.181. The lowest BCUT2D eigenvalue weighted by atomic mass is 9.99. The molecule has 0 bridgehead atoms. The highest BCUT2D eigenvalue weighted by atomic mass is 79.9. The summed E-state index contributed by atoms with van der Waals surface area (Å²) in [6.45, 7) is 0.614. The first-order valence-electron chi connectivity index (χ1n) is 7.67. The van der Waals surface area contributed by atoms with E-state index >= 15 is 0 Å². The van der Waals surface area contributed by atoms with E-state index in [1.807, 2.05) is 0 Å². The van der Waals surface area contributed by atoms with Crippen molar-refractivity contribution in [2.45, 2.75) is 17.1 Å². The van der Waals surface area contributed by atoms with E-state index in [4.69, 9.17) is 11.6 Å². The Kier molecular flexibility index (Phi) is 5.85. The van der Waals surface area contributed by atoms with Gasteiger partial charge >= 0.3 is 0 Å². The van der Waals surface area contributed by atoms with Crippen molar-refractivity contribution >= 4 is 60.5 Å². The molecule has 1 aromatic heterocycles. The molecule has 0 saturated carbocycles. The first kappa shape index (κ1) is 18.8. The molecule has 0 aliphatic carbocycles. The molecule has 2 aromatic rings. The van der Waals surface area contributed by atoms with Gasteiger partial charge in [-0.2, -0.15) is 4.31 Å². The third kappa shape index (κ3) is 4.25. The summed E-state index contributed by atoms with van der Waals surface area (Å²) in [7, 11) is -3.53. The summed E-state index contributed by atoms with van der Waals surface area (Å²) in [4.78, 5) is 12.6. The molecule has 1 fully saturated rings. The molecule has 1 aliphatic heterocycles. The smallest absolute Gasteiger partial charge is 0.252 e. The van der Waals surface area contributed by atoms with E-state index in [9.17, 15) is 13.2 Å². The fourth-order valence-electron chi connectivity index (χ4n) is 2.74. The van der Waals surface area contributed by atoms with E-state index in [0.717, 1.165) is 4.47 Å². The molecule has 0 spiro atoms. The lowest BCUT2D eigenvalue weighted by Crippen LogP contribution is -2.43. The maximum atomic E-state index is 12.6. The average molecular weight is 464 g/mol. The predicted octanol–water partition coefficient (Wildman–Crippen LogP) is 4.20. The largest absolute Gasteiger partial charge is 0.324 e. The van der Waals surface area contributed by atoms with Gasteiger partial charge in [-0.25, -0.2) is 8.42 Å². The second-order valence-electron chi connectivity index (χ2n) is 5.75. The molecule has 2 heterocycles. The van der Waals surface area contributed by atoms with Gasteiger partial charge in [0.05, 0.1) is 16.6 Å². The number of hydrogen-bond acceptors (Lipinski definition) is 4. The Morgan fingerprint density at radius 1 is 1.36 bits per heavy atom. The van der Waals surface area contributed by atoms with E-state index < -0.39 is 15.9 Å². The summed E-state index contributed by atoms with van der Waals surface area (Å²) < 4.78 is 27.8. The number of amides is 1. The van der Waals surface area contributed by atoms with Gasteiger partial charge in [0, 0.05) is 17.6 Å². The molecule has 134 valence electrons. The van der Waals surface area contributed by atoms with E-state index in [2.05, 4.69) is 21.2 Å². The molecule has 1 aliphatic rings. The zero-order chi connectivity index (χ0) is 18.0. The standard InChI is InChI=1S/C16H16BrClN2O3S2/c17-12-5-6-14(13(18)9-12)19-16(21)11-3-1-7-20(10-11)25(22,23)15-4-2-8-24-15/h2,4-6,8-9,11H,1,3,7,10H2,(H,19,21)/t11-/m1/s1. The van der Waals surface area contributed by atoms with E-state index in [1.165, 1.54) is 15.6 Å². The lowest BCUT2D eigenvalue weighted by Gasteiger charge is -2.30. The Morgan fingerprint density at radius 2 is 2.16 bits per heavy atom. The molecule has 1 saturated heterocycles. The lowest BCUT2D eigenvalue weighted by molar-refractivity contribution is -0.120. The monoisotopic (exact) mass is 462 g/mol. The molecule has 0 unspecified atom stereocenters. The molecule has 9 heteroatoms. The second-order valence-corrected chi connectivity index (χ2v) is 10.2. The number of benzene rings is 1. The second kappa shape index (κ2) is 7.75. The van der Waals surface area contributed by atoms with E-state index in [1.54, 1.807) is 35.7 Å². The topological polar surface area (TPSA) is 66.5 Å². The minimum atomic E-state index is -3.53. The van der Waals surface area contributed by atoms with Crippen LogP contribution in [-0.2, 0) is 14.8 Å². The van der Waals surface area contributed by atoms with Crippen LogP contribution in [0, 0.1) is 5.92 Å². The highest BCUT2D eigenvalue weighted by molar-refractivity contribution is 9.10. The van der Waals surface area contributed by atoms with Gasteiger partial charge in [-0.05, 0) is 42.5 Å². The van der Waals surface area contributed by atoms with Crippen LogP contribution in [0.15, 0.2) is 44.4 Å². The number of anilines is 1. The molecular formula is C16H16BrClN2O3S2. The van der Waals surface area contributed by atoms with Crippen molar-refractivity contribution in [2.75, 3.05) is 18.4 Å². The summed E-state index contributed by atoms with van der Waals surface area (Å²) in [5.74, 6) is -0.612. The molecular weight excluding hydrogens is 448 g/mol. The third-order valence-electron chi connectivity index (χ3n) is 4.03. The zero-order valence-electron chi connectivity index (χ0n) is 13.1. The maximum absolute atomic E-state index is 12.6. The van der Waals surface area contributed by atoms with Crippen molar-refractivity contribution in [3.8, 4) is 0 Å². The first-order valence-corrected chi connectivity index (χ1v) is 11.2. The predicted molar refractivity (Wildman–Crippen MR) is 104 cm³/mol. The van der Waals surface area contributed by atoms with Gasteiger partial charge in [0.1, 0.15) is 4.21 Å². The van der Waals surface area contributed by atoms with Crippen molar-refractivity contribution in [2.24, 2.45) is 5.92 Å². The van der Waals surface area contributed by atoms with Crippen LogP contribution in [0.25, 0.3) is 0 Å². The molecule has 0 radical (unpaired) electrons. The Balaban J connectivity index is 1.72. The van der Waals surface area contributed by atoms with Crippen molar-refractivity contribution in [3.63, 3.8) is 0 Å². The number of hydrogen-bond donors (Lipinski definition) is 1. The van der Waals surface area contributed by atoms with Crippen molar-refractivity contribution in [1.29, 1.82) is 0 Å². The number of nitrogens with one attached hydrogen (secondary N) is 1. The Labute approximate surface area is 164 Å². The SMILES string of the molecule is O=C(Nc1ccc(Br)cc1Cl)[C@@H]1CCCN(S(=O)(=O)c2cccs2)C1. The van der Waals surface area contributed by atoms with E-state index in [-0.39, 0.29) is 12.5 Å². The van der Waals surface area contributed by atoms with Crippen LogP contribution in [0.4, 0.5) is 5.69 Å². The first-order chi connectivity index (χ1) is 11.9. The van der Waals surface area contributed by atoms with E-state index in [0.29, 0.717) is 34.3 Å². The molecule has 3 rings (SSSR count). The van der Waals surface area contributed by atoms with Gasteiger partial charge in [-0.3, -0.25) is 4.79 Å². The van der Waals surface area contributed by atoms with Crippen LogP contribution < -0.4 is 5.32 Å². The molecule has 5 nitrogen and oxygen atoms in total. The fourth-order valence-corrected chi connectivity index (χ4v) is 6.13. The normalized spacial score (nSPS) is 18.9. The number of thiophene rings is 1. The number of carbonyl (C=O) groups excluding carboxylic acids is 1. The number of rotatable bonds is 4. The van der Waals surface area contributed by atoms with Crippen LogP contribution in [-0.4, -0.2) is 31.7 Å². The van der Waals surface area contributed by atoms with Crippen LogP contribution in [0.5, 0.6) is 0 Å². The summed E-state index contributed by atoms with van der Waals surface area (Å²) in [5, 5.41) is 4.97. The number of halogens is 2. The summed E-state index contributed by atoms with van der Waals surface area (Å²) in [6, 6.07) is 8.50. The van der Waals surface area contributed by atoms with Gasteiger partial charge in [0.25, 0.3) is 10.0 Å². The average Bonchev–Trinajstić information content (AvgIpc) is 3.13.